The summed E-state index contributed by atoms with van der Waals surface area (Å²) in [7, 11) is -1.52. The van der Waals surface area contributed by atoms with Crippen LogP contribution in [0.2, 0.25) is 0 Å². The third-order valence-electron chi connectivity index (χ3n) is 6.69. The molecular formula is C21H32N4O2S. The summed E-state index contributed by atoms with van der Waals surface area (Å²) in [4.78, 5) is 7.22. The molecule has 1 spiro atoms. The summed E-state index contributed by atoms with van der Waals surface area (Å²) >= 11 is 0. The Morgan fingerprint density at radius 2 is 1.75 bits per heavy atom. The van der Waals surface area contributed by atoms with E-state index in [1.807, 2.05) is 19.2 Å². The first-order chi connectivity index (χ1) is 13.5. The standard InChI is InChI=1S/C21H32N4O2S/c1-22-20(24-15-12-21(17-24)10-5-11-21)23-16-18-6-8-19(9-7-18)28(26,27)25-13-3-2-4-14-25/h6-9H,2-5,10-17H2,1H3,(H,22,23). The lowest BCUT2D eigenvalue weighted by atomic mass is 9.68. The molecule has 0 unspecified atom stereocenters. The normalized spacial score (nSPS) is 23.0. The largest absolute Gasteiger partial charge is 0.352 e. The van der Waals surface area contributed by atoms with E-state index in [1.54, 1.807) is 16.4 Å². The molecule has 0 bridgehead atoms. The molecule has 2 saturated heterocycles. The fraction of sp³-hybridized carbons (Fsp3) is 0.667. The van der Waals surface area contributed by atoms with Crippen LogP contribution in [0.5, 0.6) is 0 Å². The van der Waals surface area contributed by atoms with Crippen LogP contribution in [0.3, 0.4) is 0 Å². The van der Waals surface area contributed by atoms with Gasteiger partial charge in [0.2, 0.25) is 10.0 Å². The Morgan fingerprint density at radius 3 is 2.32 bits per heavy atom. The topological polar surface area (TPSA) is 65.0 Å². The van der Waals surface area contributed by atoms with E-state index < -0.39 is 10.0 Å². The Morgan fingerprint density at radius 1 is 1.04 bits per heavy atom. The maximum Gasteiger partial charge on any atom is 0.243 e. The summed E-state index contributed by atoms with van der Waals surface area (Å²) in [5.74, 6) is 0.953. The molecule has 1 aromatic rings. The van der Waals surface area contributed by atoms with Crippen LogP contribution in [-0.4, -0.2) is 56.8 Å². The Balaban J connectivity index is 1.35. The molecule has 2 aliphatic heterocycles. The molecule has 1 aliphatic carbocycles. The SMILES string of the molecule is CN=C(NCc1ccc(S(=O)(=O)N2CCCCC2)cc1)N1CCC2(CCC2)C1. The Labute approximate surface area is 169 Å². The van der Waals surface area contributed by atoms with Gasteiger partial charge in [0.05, 0.1) is 4.90 Å². The number of piperidine rings is 1. The van der Waals surface area contributed by atoms with Gasteiger partial charge in [0, 0.05) is 39.8 Å². The fourth-order valence-corrected chi connectivity index (χ4v) is 6.26. The highest BCUT2D eigenvalue weighted by Crippen LogP contribution is 2.47. The molecule has 0 radical (unpaired) electrons. The van der Waals surface area contributed by atoms with Crippen molar-refractivity contribution in [3.8, 4) is 0 Å². The van der Waals surface area contributed by atoms with E-state index >= 15 is 0 Å². The van der Waals surface area contributed by atoms with Crippen molar-refractivity contribution in [3.05, 3.63) is 29.8 Å². The Bertz CT molecular complexity index is 809. The number of hydrogen-bond donors (Lipinski definition) is 1. The number of sulfonamides is 1. The second-order valence-electron chi connectivity index (χ2n) is 8.53. The predicted octanol–water partition coefficient (Wildman–Crippen LogP) is 2.81. The molecule has 2 heterocycles. The maximum atomic E-state index is 12.8. The summed E-state index contributed by atoms with van der Waals surface area (Å²) in [5.41, 5.74) is 1.61. The Hall–Kier alpha value is -1.60. The summed E-state index contributed by atoms with van der Waals surface area (Å²) in [5, 5.41) is 3.45. The minimum Gasteiger partial charge on any atom is -0.352 e. The van der Waals surface area contributed by atoms with Gasteiger partial charge in [-0.1, -0.05) is 25.0 Å². The van der Waals surface area contributed by atoms with E-state index in [9.17, 15) is 8.42 Å². The zero-order valence-electron chi connectivity index (χ0n) is 16.9. The van der Waals surface area contributed by atoms with Gasteiger partial charge in [-0.25, -0.2) is 8.42 Å². The van der Waals surface area contributed by atoms with E-state index in [2.05, 4.69) is 15.2 Å². The molecule has 0 amide bonds. The molecule has 1 N–H and O–H groups in total. The summed E-state index contributed by atoms with van der Waals surface area (Å²) < 4.78 is 27.1. The summed E-state index contributed by atoms with van der Waals surface area (Å²) in [6, 6.07) is 7.30. The highest BCUT2D eigenvalue weighted by molar-refractivity contribution is 7.89. The smallest absolute Gasteiger partial charge is 0.243 e. The van der Waals surface area contributed by atoms with E-state index in [-0.39, 0.29) is 0 Å². The van der Waals surface area contributed by atoms with Crippen molar-refractivity contribution in [1.82, 2.24) is 14.5 Å². The van der Waals surface area contributed by atoms with Gasteiger partial charge in [0.1, 0.15) is 0 Å². The zero-order chi connectivity index (χ0) is 19.6. The first-order valence-electron chi connectivity index (χ1n) is 10.6. The molecule has 1 aromatic carbocycles. The molecule has 6 nitrogen and oxygen atoms in total. The van der Waals surface area contributed by atoms with Crippen LogP contribution in [0.4, 0.5) is 0 Å². The molecule has 4 rings (SSSR count). The van der Waals surface area contributed by atoms with Crippen LogP contribution in [0.25, 0.3) is 0 Å². The number of hydrogen-bond acceptors (Lipinski definition) is 3. The lowest BCUT2D eigenvalue weighted by Gasteiger charge is -2.38. The number of aliphatic imine (C=N–C) groups is 1. The first kappa shape index (κ1) is 19.7. The van der Waals surface area contributed by atoms with Gasteiger partial charge in [-0.2, -0.15) is 4.31 Å². The van der Waals surface area contributed by atoms with Gasteiger partial charge >= 0.3 is 0 Å². The van der Waals surface area contributed by atoms with Crippen molar-refractivity contribution in [2.24, 2.45) is 10.4 Å². The van der Waals surface area contributed by atoms with Gasteiger partial charge in [0.25, 0.3) is 0 Å². The van der Waals surface area contributed by atoms with E-state index in [1.165, 1.54) is 25.7 Å². The van der Waals surface area contributed by atoms with E-state index in [0.29, 0.717) is 29.9 Å². The molecule has 7 heteroatoms. The Kier molecular flexibility index (Phi) is 5.65. The monoisotopic (exact) mass is 404 g/mol. The van der Waals surface area contributed by atoms with Crippen molar-refractivity contribution < 1.29 is 8.42 Å². The van der Waals surface area contributed by atoms with Crippen molar-refractivity contribution in [3.63, 3.8) is 0 Å². The summed E-state index contributed by atoms with van der Waals surface area (Å²) in [6.45, 7) is 4.12. The van der Waals surface area contributed by atoms with Crippen molar-refractivity contribution in [1.29, 1.82) is 0 Å². The molecule has 3 aliphatic rings. The van der Waals surface area contributed by atoms with Gasteiger partial charge < -0.3 is 10.2 Å². The van der Waals surface area contributed by atoms with Gasteiger partial charge in [-0.3, -0.25) is 4.99 Å². The third-order valence-corrected chi connectivity index (χ3v) is 8.60. The lowest BCUT2D eigenvalue weighted by Crippen LogP contribution is -2.42. The molecule has 154 valence electrons. The predicted molar refractivity (Wildman–Crippen MR) is 112 cm³/mol. The minimum absolute atomic E-state index is 0.397. The number of benzene rings is 1. The van der Waals surface area contributed by atoms with Crippen LogP contribution < -0.4 is 5.32 Å². The van der Waals surface area contributed by atoms with Crippen LogP contribution in [0.15, 0.2) is 34.2 Å². The molecule has 0 atom stereocenters. The molecule has 0 aromatic heterocycles. The number of rotatable bonds is 4. The minimum atomic E-state index is -3.36. The summed E-state index contributed by atoms with van der Waals surface area (Å²) in [6.07, 6.45) is 8.39. The first-order valence-corrected chi connectivity index (χ1v) is 12.0. The number of nitrogens with one attached hydrogen (secondary N) is 1. The molecule has 1 saturated carbocycles. The van der Waals surface area contributed by atoms with Gasteiger partial charge in [-0.15, -0.1) is 0 Å². The number of nitrogens with zero attached hydrogens (tertiary/aromatic N) is 3. The van der Waals surface area contributed by atoms with Crippen LogP contribution in [0, 0.1) is 5.41 Å². The average Bonchev–Trinajstić information content (AvgIpc) is 3.16. The third kappa shape index (κ3) is 3.92. The van der Waals surface area contributed by atoms with Crippen LogP contribution in [0.1, 0.15) is 50.5 Å². The maximum absolute atomic E-state index is 12.8. The number of likely N-dealkylation sites (tertiary alicyclic amines) is 1. The highest BCUT2D eigenvalue weighted by Gasteiger charge is 2.43. The molecular weight excluding hydrogens is 372 g/mol. The second kappa shape index (κ2) is 8.03. The number of guanidine groups is 1. The van der Waals surface area contributed by atoms with Crippen molar-refractivity contribution >= 4 is 16.0 Å². The van der Waals surface area contributed by atoms with Crippen LogP contribution >= 0.6 is 0 Å². The zero-order valence-corrected chi connectivity index (χ0v) is 17.7. The average molecular weight is 405 g/mol. The second-order valence-corrected chi connectivity index (χ2v) is 10.5. The van der Waals surface area contributed by atoms with E-state index in [0.717, 1.165) is 43.9 Å². The quantitative estimate of drug-likeness (QED) is 0.619. The lowest BCUT2D eigenvalue weighted by molar-refractivity contribution is 0.151. The van der Waals surface area contributed by atoms with Gasteiger partial charge in [-0.05, 0) is 55.2 Å². The molecule has 3 fully saturated rings. The van der Waals surface area contributed by atoms with Crippen molar-refractivity contribution in [2.75, 3.05) is 33.2 Å². The fourth-order valence-electron chi connectivity index (χ4n) is 4.75. The molecule has 28 heavy (non-hydrogen) atoms. The highest BCUT2D eigenvalue weighted by atomic mass is 32.2. The van der Waals surface area contributed by atoms with Gasteiger partial charge in [0.15, 0.2) is 5.96 Å². The van der Waals surface area contributed by atoms with E-state index in [4.69, 9.17) is 0 Å². The van der Waals surface area contributed by atoms with Crippen molar-refractivity contribution in [2.45, 2.75) is 56.4 Å². The van der Waals surface area contributed by atoms with Crippen LogP contribution in [-0.2, 0) is 16.6 Å².